The molecule has 0 amide bonds. The van der Waals surface area contributed by atoms with Gasteiger partial charge in [0.2, 0.25) is 0 Å². The Morgan fingerprint density at radius 1 is 1.50 bits per heavy atom. The SMILES string of the molecule is C1CNCC(c2nc3n(n2)CCSC3)OC1. The number of aryl methyl sites for hydroxylation is 1. The van der Waals surface area contributed by atoms with Gasteiger partial charge >= 0.3 is 0 Å². The quantitative estimate of drug-likeness (QED) is 0.778. The number of aromatic nitrogens is 3. The van der Waals surface area contributed by atoms with Gasteiger partial charge in [0.1, 0.15) is 11.9 Å². The van der Waals surface area contributed by atoms with Crippen LogP contribution in [0.1, 0.15) is 24.2 Å². The van der Waals surface area contributed by atoms with Gasteiger partial charge in [0.15, 0.2) is 5.82 Å². The van der Waals surface area contributed by atoms with Gasteiger partial charge < -0.3 is 10.1 Å². The zero-order chi connectivity index (χ0) is 10.8. The standard InChI is InChI=1S/C10H16N4OS/c1-2-11-6-8(15-4-1)10-12-9-7-16-5-3-14(9)13-10/h8,11H,1-7H2. The Bertz CT molecular complexity index is 336. The first-order valence-electron chi connectivity index (χ1n) is 5.77. The number of rotatable bonds is 1. The lowest BCUT2D eigenvalue weighted by atomic mass is 10.3. The van der Waals surface area contributed by atoms with E-state index in [4.69, 9.17) is 4.74 Å². The fourth-order valence-corrected chi connectivity index (χ4v) is 2.85. The van der Waals surface area contributed by atoms with E-state index in [0.29, 0.717) is 0 Å². The molecule has 0 spiro atoms. The van der Waals surface area contributed by atoms with Gasteiger partial charge in [-0.2, -0.15) is 16.9 Å². The molecule has 2 aliphatic heterocycles. The highest BCUT2D eigenvalue weighted by Crippen LogP contribution is 2.21. The van der Waals surface area contributed by atoms with E-state index < -0.39 is 0 Å². The predicted molar refractivity (Wildman–Crippen MR) is 62.4 cm³/mol. The number of fused-ring (bicyclic) bond motifs is 1. The maximum absolute atomic E-state index is 5.76. The largest absolute Gasteiger partial charge is 0.369 e. The summed E-state index contributed by atoms with van der Waals surface area (Å²) in [6.45, 7) is 3.64. The summed E-state index contributed by atoms with van der Waals surface area (Å²) in [4.78, 5) is 4.58. The first-order chi connectivity index (χ1) is 7.93. The van der Waals surface area contributed by atoms with Gasteiger partial charge in [-0.25, -0.2) is 9.67 Å². The van der Waals surface area contributed by atoms with Crippen LogP contribution in [0.2, 0.25) is 0 Å². The van der Waals surface area contributed by atoms with E-state index >= 15 is 0 Å². The number of ether oxygens (including phenoxy) is 1. The van der Waals surface area contributed by atoms with Crippen LogP contribution in [0.4, 0.5) is 0 Å². The predicted octanol–water partition coefficient (Wildman–Crippen LogP) is 0.576. The van der Waals surface area contributed by atoms with Crippen molar-refractivity contribution in [1.29, 1.82) is 0 Å². The molecule has 16 heavy (non-hydrogen) atoms. The van der Waals surface area contributed by atoms with E-state index in [-0.39, 0.29) is 6.10 Å². The molecule has 0 saturated carbocycles. The highest BCUT2D eigenvalue weighted by molar-refractivity contribution is 7.98. The second kappa shape index (κ2) is 4.73. The summed E-state index contributed by atoms with van der Waals surface area (Å²) in [6.07, 6.45) is 1.10. The Morgan fingerprint density at radius 2 is 2.50 bits per heavy atom. The van der Waals surface area contributed by atoms with Gasteiger partial charge in [-0.1, -0.05) is 0 Å². The molecule has 0 bridgehead atoms. The molecule has 1 N–H and O–H groups in total. The van der Waals surface area contributed by atoms with Crippen LogP contribution >= 0.6 is 11.8 Å². The fourth-order valence-electron chi connectivity index (χ4n) is 2.01. The molecule has 1 atom stereocenters. The zero-order valence-corrected chi connectivity index (χ0v) is 10.0. The summed E-state index contributed by atoms with van der Waals surface area (Å²) in [5.74, 6) is 4.07. The van der Waals surface area contributed by atoms with Crippen molar-refractivity contribution in [3.8, 4) is 0 Å². The molecule has 0 aliphatic carbocycles. The third kappa shape index (κ3) is 2.09. The molecule has 88 valence electrons. The van der Waals surface area contributed by atoms with Gasteiger partial charge in [0.05, 0.1) is 12.3 Å². The third-order valence-electron chi connectivity index (χ3n) is 2.88. The highest BCUT2D eigenvalue weighted by Gasteiger charge is 2.22. The molecule has 1 aromatic rings. The van der Waals surface area contributed by atoms with Gasteiger partial charge in [-0.15, -0.1) is 0 Å². The van der Waals surface area contributed by atoms with Gasteiger partial charge in [-0.05, 0) is 13.0 Å². The van der Waals surface area contributed by atoms with Crippen LogP contribution in [0.3, 0.4) is 0 Å². The lowest BCUT2D eigenvalue weighted by Crippen LogP contribution is -2.21. The van der Waals surface area contributed by atoms with Crippen molar-refractivity contribution in [3.05, 3.63) is 11.6 Å². The second-order valence-corrected chi connectivity index (χ2v) is 5.18. The van der Waals surface area contributed by atoms with Crippen molar-refractivity contribution in [2.45, 2.75) is 24.8 Å². The molecule has 5 nitrogen and oxygen atoms in total. The summed E-state index contributed by atoms with van der Waals surface area (Å²) in [7, 11) is 0. The van der Waals surface area contributed by atoms with Gasteiger partial charge in [-0.3, -0.25) is 0 Å². The fraction of sp³-hybridized carbons (Fsp3) is 0.800. The number of hydrogen-bond donors (Lipinski definition) is 1. The molecule has 3 rings (SSSR count). The lowest BCUT2D eigenvalue weighted by molar-refractivity contribution is 0.0606. The van der Waals surface area contributed by atoms with E-state index in [9.17, 15) is 0 Å². The normalized spacial score (nSPS) is 26.1. The minimum Gasteiger partial charge on any atom is -0.369 e. The van der Waals surface area contributed by atoms with Crippen LogP contribution in [0.25, 0.3) is 0 Å². The molecule has 1 unspecified atom stereocenters. The van der Waals surface area contributed by atoms with Gasteiger partial charge in [0, 0.05) is 18.9 Å². The molecule has 2 aliphatic rings. The third-order valence-corrected chi connectivity index (χ3v) is 3.81. The van der Waals surface area contributed by atoms with Crippen molar-refractivity contribution in [3.63, 3.8) is 0 Å². The van der Waals surface area contributed by atoms with E-state index in [2.05, 4.69) is 15.4 Å². The molecule has 6 heteroatoms. The molecule has 1 aromatic heterocycles. The molecule has 1 fully saturated rings. The second-order valence-electron chi connectivity index (χ2n) is 4.08. The minimum atomic E-state index is 0.0330. The Hall–Kier alpha value is -0.590. The first-order valence-corrected chi connectivity index (χ1v) is 6.92. The van der Waals surface area contributed by atoms with Crippen molar-refractivity contribution in [2.75, 3.05) is 25.4 Å². The summed E-state index contributed by atoms with van der Waals surface area (Å²) < 4.78 is 7.79. The average Bonchev–Trinajstić information content (AvgIpc) is 2.56. The Kier molecular flexibility index (Phi) is 3.12. The maximum Gasteiger partial charge on any atom is 0.180 e. The van der Waals surface area contributed by atoms with Crippen molar-refractivity contribution < 1.29 is 4.74 Å². The first kappa shape index (κ1) is 10.6. The highest BCUT2D eigenvalue weighted by atomic mass is 32.2. The van der Waals surface area contributed by atoms with E-state index in [1.54, 1.807) is 0 Å². The summed E-state index contributed by atoms with van der Waals surface area (Å²) in [5, 5.41) is 7.90. The summed E-state index contributed by atoms with van der Waals surface area (Å²) in [6, 6.07) is 0. The smallest absolute Gasteiger partial charge is 0.180 e. The van der Waals surface area contributed by atoms with E-state index in [1.165, 1.54) is 0 Å². The monoisotopic (exact) mass is 240 g/mol. The molecule has 0 aromatic carbocycles. The number of thioether (sulfide) groups is 1. The molecular formula is C10H16N4OS. The number of nitrogens with one attached hydrogen (secondary N) is 1. The van der Waals surface area contributed by atoms with E-state index in [0.717, 1.165) is 55.8 Å². The Balaban J connectivity index is 1.79. The lowest BCUT2D eigenvalue weighted by Gasteiger charge is -2.10. The average molecular weight is 240 g/mol. The van der Waals surface area contributed by atoms with Crippen LogP contribution in [-0.2, 0) is 17.0 Å². The number of hydrogen-bond acceptors (Lipinski definition) is 5. The van der Waals surface area contributed by atoms with Gasteiger partial charge in [0.25, 0.3) is 0 Å². The van der Waals surface area contributed by atoms with Crippen molar-refractivity contribution in [1.82, 2.24) is 20.1 Å². The van der Waals surface area contributed by atoms with Crippen LogP contribution in [-0.4, -0.2) is 40.2 Å². The van der Waals surface area contributed by atoms with Crippen LogP contribution < -0.4 is 5.32 Å². The maximum atomic E-state index is 5.76. The summed E-state index contributed by atoms with van der Waals surface area (Å²) in [5.41, 5.74) is 0. The van der Waals surface area contributed by atoms with Crippen molar-refractivity contribution in [2.24, 2.45) is 0 Å². The Labute approximate surface area is 99.0 Å². The molecular weight excluding hydrogens is 224 g/mol. The Morgan fingerprint density at radius 3 is 3.44 bits per heavy atom. The van der Waals surface area contributed by atoms with Crippen LogP contribution in [0.5, 0.6) is 0 Å². The summed E-state index contributed by atoms with van der Waals surface area (Å²) >= 11 is 1.92. The zero-order valence-electron chi connectivity index (χ0n) is 9.19. The molecule has 1 saturated heterocycles. The molecule has 3 heterocycles. The van der Waals surface area contributed by atoms with E-state index in [1.807, 2.05) is 16.4 Å². The number of nitrogens with zero attached hydrogens (tertiary/aromatic N) is 3. The van der Waals surface area contributed by atoms with Crippen molar-refractivity contribution >= 4 is 11.8 Å². The topological polar surface area (TPSA) is 52.0 Å². The molecule has 0 radical (unpaired) electrons. The minimum absolute atomic E-state index is 0.0330. The van der Waals surface area contributed by atoms with Crippen LogP contribution in [0.15, 0.2) is 0 Å². The van der Waals surface area contributed by atoms with Crippen LogP contribution in [0, 0.1) is 0 Å².